The van der Waals surface area contributed by atoms with Crippen LogP contribution in [0, 0.1) is 19.8 Å². The molecular weight excluding hydrogens is 332 g/mol. The number of anilines is 1. The zero-order valence-corrected chi connectivity index (χ0v) is 15.7. The molecule has 3 rings (SSSR count). The molecule has 0 bridgehead atoms. The maximum Gasteiger partial charge on any atom is 0.215 e. The van der Waals surface area contributed by atoms with E-state index in [-0.39, 0.29) is 5.75 Å². The summed E-state index contributed by atoms with van der Waals surface area (Å²) in [5.41, 5.74) is 4.39. The van der Waals surface area contributed by atoms with Crippen molar-refractivity contribution < 1.29 is 8.42 Å². The predicted octanol–water partition coefficient (Wildman–Crippen LogP) is 3.25. The van der Waals surface area contributed by atoms with Crippen LogP contribution in [0.25, 0.3) is 0 Å². The van der Waals surface area contributed by atoms with Crippen LogP contribution in [0.15, 0.2) is 48.5 Å². The minimum atomic E-state index is -3.30. The molecule has 134 valence electrons. The van der Waals surface area contributed by atoms with E-state index in [0.717, 1.165) is 30.6 Å². The van der Waals surface area contributed by atoms with Gasteiger partial charge >= 0.3 is 0 Å². The molecule has 1 heterocycles. The van der Waals surface area contributed by atoms with Crippen LogP contribution in [0.3, 0.4) is 0 Å². The van der Waals surface area contributed by atoms with Crippen LogP contribution in [-0.2, 0) is 15.8 Å². The molecule has 1 atom stereocenters. The Morgan fingerprint density at radius 3 is 2.56 bits per heavy atom. The van der Waals surface area contributed by atoms with Gasteiger partial charge < -0.3 is 4.90 Å². The molecule has 25 heavy (non-hydrogen) atoms. The average Bonchev–Trinajstić information content (AvgIpc) is 3.02. The highest BCUT2D eigenvalue weighted by molar-refractivity contribution is 7.88. The van der Waals surface area contributed by atoms with E-state index in [4.69, 9.17) is 0 Å². The first-order valence-corrected chi connectivity index (χ1v) is 10.4. The number of nitrogens with one attached hydrogen (secondary N) is 1. The smallest absolute Gasteiger partial charge is 0.215 e. The lowest BCUT2D eigenvalue weighted by atomic mass is 10.1. The first kappa shape index (κ1) is 18.0. The Hall–Kier alpha value is -1.85. The topological polar surface area (TPSA) is 49.4 Å². The van der Waals surface area contributed by atoms with Gasteiger partial charge in [0.2, 0.25) is 10.0 Å². The monoisotopic (exact) mass is 358 g/mol. The number of hydrogen-bond donors (Lipinski definition) is 1. The molecule has 1 fully saturated rings. The lowest BCUT2D eigenvalue weighted by molar-refractivity contribution is 0.541. The minimum absolute atomic E-state index is 0.0447. The standard InChI is InChI=1S/C20H26N2O2S/c1-16-6-8-20(9-7-16)22-11-10-19(14-22)13-21-25(23,24)15-18-5-3-4-17(2)12-18/h3-9,12,19,21H,10-11,13-15H2,1-2H3. The van der Waals surface area contributed by atoms with Gasteiger partial charge in [-0.25, -0.2) is 13.1 Å². The fraction of sp³-hybridized carbons (Fsp3) is 0.400. The highest BCUT2D eigenvalue weighted by Crippen LogP contribution is 2.24. The van der Waals surface area contributed by atoms with Crippen molar-refractivity contribution in [1.82, 2.24) is 4.72 Å². The number of hydrogen-bond acceptors (Lipinski definition) is 3. The van der Waals surface area contributed by atoms with Crippen LogP contribution in [0.4, 0.5) is 5.69 Å². The van der Waals surface area contributed by atoms with Crippen LogP contribution in [0.5, 0.6) is 0 Å². The van der Waals surface area contributed by atoms with E-state index in [9.17, 15) is 8.42 Å². The summed E-state index contributed by atoms with van der Waals surface area (Å²) < 4.78 is 27.5. The second-order valence-electron chi connectivity index (χ2n) is 7.03. The predicted molar refractivity (Wildman–Crippen MR) is 103 cm³/mol. The van der Waals surface area contributed by atoms with Crippen molar-refractivity contribution in [2.45, 2.75) is 26.0 Å². The summed E-state index contributed by atoms with van der Waals surface area (Å²) in [6.45, 7) is 6.45. The van der Waals surface area contributed by atoms with E-state index in [1.807, 2.05) is 31.2 Å². The molecule has 5 heteroatoms. The Balaban J connectivity index is 1.52. The molecule has 0 aliphatic carbocycles. The quantitative estimate of drug-likeness (QED) is 0.862. The third kappa shape index (κ3) is 5.06. The summed E-state index contributed by atoms with van der Waals surface area (Å²) in [6.07, 6.45) is 1.01. The molecule has 2 aromatic rings. The zero-order chi connectivity index (χ0) is 17.9. The SMILES string of the molecule is Cc1ccc(N2CCC(CNS(=O)(=O)Cc3cccc(C)c3)C2)cc1. The molecule has 4 nitrogen and oxygen atoms in total. The van der Waals surface area contributed by atoms with Gasteiger partial charge in [-0.05, 0) is 43.9 Å². The van der Waals surface area contributed by atoms with Crippen LogP contribution in [0.2, 0.25) is 0 Å². The molecule has 0 aromatic heterocycles. The van der Waals surface area contributed by atoms with Gasteiger partial charge in [-0.1, -0.05) is 47.5 Å². The Kier molecular flexibility index (Phi) is 5.45. The van der Waals surface area contributed by atoms with Gasteiger partial charge in [0.25, 0.3) is 0 Å². The van der Waals surface area contributed by atoms with Gasteiger partial charge in [0.15, 0.2) is 0 Å². The van der Waals surface area contributed by atoms with E-state index in [2.05, 4.69) is 40.8 Å². The number of sulfonamides is 1. The number of rotatable bonds is 6. The lowest BCUT2D eigenvalue weighted by Gasteiger charge is -2.19. The molecule has 1 saturated heterocycles. The molecule has 0 saturated carbocycles. The van der Waals surface area contributed by atoms with Gasteiger partial charge in [-0.2, -0.15) is 0 Å². The lowest BCUT2D eigenvalue weighted by Crippen LogP contribution is -2.32. The minimum Gasteiger partial charge on any atom is -0.371 e. The molecule has 1 N–H and O–H groups in total. The summed E-state index contributed by atoms with van der Waals surface area (Å²) in [5, 5.41) is 0. The van der Waals surface area contributed by atoms with Gasteiger partial charge in [0.05, 0.1) is 5.75 Å². The highest BCUT2D eigenvalue weighted by atomic mass is 32.2. The molecule has 1 aliphatic rings. The van der Waals surface area contributed by atoms with Crippen molar-refractivity contribution in [3.63, 3.8) is 0 Å². The Labute approximate surface area is 150 Å². The first-order valence-electron chi connectivity index (χ1n) is 8.76. The van der Waals surface area contributed by atoms with Crippen molar-refractivity contribution in [1.29, 1.82) is 0 Å². The van der Waals surface area contributed by atoms with Crippen molar-refractivity contribution >= 4 is 15.7 Å². The maximum atomic E-state index is 12.3. The number of benzene rings is 2. The van der Waals surface area contributed by atoms with Crippen molar-refractivity contribution in [3.8, 4) is 0 Å². The molecule has 0 radical (unpaired) electrons. The van der Waals surface area contributed by atoms with Gasteiger partial charge in [0.1, 0.15) is 0 Å². The second kappa shape index (κ2) is 7.58. The number of nitrogens with zero attached hydrogens (tertiary/aromatic N) is 1. The second-order valence-corrected chi connectivity index (χ2v) is 8.84. The summed E-state index contributed by atoms with van der Waals surface area (Å²) in [4.78, 5) is 2.33. The summed E-state index contributed by atoms with van der Waals surface area (Å²) in [5.74, 6) is 0.400. The van der Waals surface area contributed by atoms with Gasteiger partial charge in [0, 0.05) is 25.3 Å². The van der Waals surface area contributed by atoms with Crippen LogP contribution < -0.4 is 9.62 Å². The fourth-order valence-electron chi connectivity index (χ4n) is 3.31. The van der Waals surface area contributed by atoms with E-state index < -0.39 is 10.0 Å². The van der Waals surface area contributed by atoms with Crippen LogP contribution in [0.1, 0.15) is 23.1 Å². The normalized spacial score (nSPS) is 17.8. The summed E-state index contributed by atoms with van der Waals surface area (Å²) in [7, 11) is -3.30. The largest absolute Gasteiger partial charge is 0.371 e. The summed E-state index contributed by atoms with van der Waals surface area (Å²) >= 11 is 0. The Bertz CT molecular complexity index is 816. The fourth-order valence-corrected chi connectivity index (χ4v) is 4.52. The van der Waals surface area contributed by atoms with Crippen molar-refractivity contribution in [2.24, 2.45) is 5.92 Å². The molecule has 1 aliphatic heterocycles. The maximum absolute atomic E-state index is 12.3. The molecule has 0 amide bonds. The summed E-state index contributed by atoms with van der Waals surface area (Å²) in [6, 6.07) is 16.2. The Morgan fingerprint density at radius 2 is 1.84 bits per heavy atom. The third-order valence-corrected chi connectivity index (χ3v) is 6.04. The third-order valence-electron chi connectivity index (χ3n) is 4.72. The van der Waals surface area contributed by atoms with Gasteiger partial charge in [-0.3, -0.25) is 0 Å². The van der Waals surface area contributed by atoms with Crippen molar-refractivity contribution in [2.75, 3.05) is 24.5 Å². The van der Waals surface area contributed by atoms with E-state index >= 15 is 0 Å². The zero-order valence-electron chi connectivity index (χ0n) is 14.9. The molecular formula is C20H26N2O2S. The molecule has 2 aromatic carbocycles. The average molecular weight is 359 g/mol. The van der Waals surface area contributed by atoms with E-state index in [0.29, 0.717) is 12.5 Å². The molecule has 0 spiro atoms. The van der Waals surface area contributed by atoms with E-state index in [1.165, 1.54) is 11.3 Å². The number of aryl methyl sites for hydroxylation is 2. The van der Waals surface area contributed by atoms with Gasteiger partial charge in [-0.15, -0.1) is 0 Å². The Morgan fingerprint density at radius 1 is 1.08 bits per heavy atom. The van der Waals surface area contributed by atoms with Crippen molar-refractivity contribution in [3.05, 3.63) is 65.2 Å². The van der Waals surface area contributed by atoms with Crippen LogP contribution in [-0.4, -0.2) is 28.1 Å². The molecule has 1 unspecified atom stereocenters. The first-order chi connectivity index (χ1) is 11.9. The van der Waals surface area contributed by atoms with Crippen LogP contribution >= 0.6 is 0 Å². The highest BCUT2D eigenvalue weighted by Gasteiger charge is 2.24. The van der Waals surface area contributed by atoms with E-state index in [1.54, 1.807) is 0 Å².